The zero-order valence-electron chi connectivity index (χ0n) is 19.2. The van der Waals surface area contributed by atoms with Crippen molar-refractivity contribution in [2.24, 2.45) is 0 Å². The number of thiazole rings is 1. The molecule has 0 saturated carbocycles. The van der Waals surface area contributed by atoms with Crippen LogP contribution in [0.4, 0.5) is 0 Å². The highest BCUT2D eigenvalue weighted by molar-refractivity contribution is 7.80. The van der Waals surface area contributed by atoms with Gasteiger partial charge in [0, 0.05) is 48.1 Å². The van der Waals surface area contributed by atoms with Crippen molar-refractivity contribution >= 4 is 34.5 Å². The molecule has 0 unspecified atom stereocenters. The van der Waals surface area contributed by atoms with E-state index in [0.29, 0.717) is 30.0 Å². The molecule has 1 aliphatic heterocycles. The van der Waals surface area contributed by atoms with E-state index in [2.05, 4.69) is 15.6 Å². The van der Waals surface area contributed by atoms with Crippen LogP contribution in [0.3, 0.4) is 0 Å². The fourth-order valence-corrected chi connectivity index (χ4v) is 4.62. The standard InChI is InChI=1S/C25H28N4O4S2/c30-23(26-10-14-33-22-7-5-19(6-8-22)24(34)28-31)18-1-3-20(4-2-18)25-27-21(17-35-25)9-11-29-12-15-32-16-13-29/h1-8,17,31H,9-16H2,(H,26,30)(H,28,34). The molecule has 8 nitrogen and oxygen atoms in total. The molecule has 4 rings (SSSR count). The Kier molecular flexibility index (Phi) is 9.15. The number of amides is 1. The van der Waals surface area contributed by atoms with Crippen LogP contribution >= 0.6 is 23.6 Å². The van der Waals surface area contributed by atoms with Gasteiger partial charge in [0.1, 0.15) is 22.4 Å². The molecule has 0 radical (unpaired) electrons. The van der Waals surface area contributed by atoms with Crippen molar-refractivity contribution < 1.29 is 19.5 Å². The van der Waals surface area contributed by atoms with Gasteiger partial charge in [0.25, 0.3) is 5.91 Å². The van der Waals surface area contributed by atoms with Crippen molar-refractivity contribution in [2.45, 2.75) is 6.42 Å². The molecule has 1 fully saturated rings. The summed E-state index contributed by atoms with van der Waals surface area (Å²) >= 11 is 6.59. The lowest BCUT2D eigenvalue weighted by atomic mass is 10.1. The first kappa shape index (κ1) is 25.2. The summed E-state index contributed by atoms with van der Waals surface area (Å²) in [6.07, 6.45) is 0.927. The fourth-order valence-electron chi connectivity index (χ4n) is 3.62. The highest BCUT2D eigenvalue weighted by atomic mass is 32.1. The molecule has 0 aliphatic carbocycles. The normalized spacial score (nSPS) is 13.9. The third-order valence-corrected chi connectivity index (χ3v) is 6.88. The summed E-state index contributed by atoms with van der Waals surface area (Å²) in [5.74, 6) is 0.501. The van der Waals surface area contributed by atoms with Crippen molar-refractivity contribution in [1.29, 1.82) is 0 Å². The third kappa shape index (κ3) is 7.30. The van der Waals surface area contributed by atoms with Crippen LogP contribution < -0.4 is 15.5 Å². The van der Waals surface area contributed by atoms with Crippen molar-refractivity contribution in [3.05, 3.63) is 70.7 Å². The van der Waals surface area contributed by atoms with E-state index in [4.69, 9.17) is 31.9 Å². The number of nitrogens with zero attached hydrogens (tertiary/aromatic N) is 2. The molecule has 1 saturated heterocycles. The van der Waals surface area contributed by atoms with Gasteiger partial charge in [0.15, 0.2) is 0 Å². The summed E-state index contributed by atoms with van der Waals surface area (Å²) in [7, 11) is 0. The van der Waals surface area contributed by atoms with Gasteiger partial charge in [-0.2, -0.15) is 0 Å². The number of carbonyl (C=O) groups is 1. The lowest BCUT2D eigenvalue weighted by molar-refractivity contribution is 0.0383. The van der Waals surface area contributed by atoms with Gasteiger partial charge < -0.3 is 14.8 Å². The predicted molar refractivity (Wildman–Crippen MR) is 139 cm³/mol. The Morgan fingerprint density at radius 1 is 1.11 bits per heavy atom. The molecule has 0 bridgehead atoms. The van der Waals surface area contributed by atoms with Crippen molar-refractivity contribution in [3.63, 3.8) is 0 Å². The second kappa shape index (κ2) is 12.7. The molecular weight excluding hydrogens is 484 g/mol. The van der Waals surface area contributed by atoms with Gasteiger partial charge in [-0.05, 0) is 36.4 Å². The SMILES string of the molecule is O=C(NCCOc1ccc(C(=S)NO)cc1)c1ccc(-c2nc(CCN3CCOCC3)cs2)cc1. The van der Waals surface area contributed by atoms with E-state index in [9.17, 15) is 4.79 Å². The summed E-state index contributed by atoms with van der Waals surface area (Å²) < 4.78 is 11.0. The number of hydroxylamine groups is 1. The maximum atomic E-state index is 12.5. The molecular formula is C25H28N4O4S2. The van der Waals surface area contributed by atoms with Gasteiger partial charge in [0.2, 0.25) is 0 Å². The minimum absolute atomic E-state index is 0.153. The first-order valence-electron chi connectivity index (χ1n) is 11.4. The molecule has 0 spiro atoms. The average molecular weight is 513 g/mol. The van der Waals surface area contributed by atoms with E-state index >= 15 is 0 Å². The largest absolute Gasteiger partial charge is 0.492 e. The van der Waals surface area contributed by atoms with Crippen LogP contribution in [0.1, 0.15) is 21.6 Å². The van der Waals surface area contributed by atoms with E-state index in [1.165, 1.54) is 0 Å². The smallest absolute Gasteiger partial charge is 0.251 e. The van der Waals surface area contributed by atoms with E-state index in [-0.39, 0.29) is 10.9 Å². The van der Waals surface area contributed by atoms with Gasteiger partial charge in [-0.25, -0.2) is 4.98 Å². The molecule has 35 heavy (non-hydrogen) atoms. The van der Waals surface area contributed by atoms with Gasteiger partial charge in [-0.3, -0.25) is 20.4 Å². The van der Waals surface area contributed by atoms with Crippen LogP contribution in [0.5, 0.6) is 5.75 Å². The highest BCUT2D eigenvalue weighted by Crippen LogP contribution is 2.24. The predicted octanol–water partition coefficient (Wildman–Crippen LogP) is 3.15. The number of nitrogens with one attached hydrogen (secondary N) is 2. The van der Waals surface area contributed by atoms with Gasteiger partial charge in [0.05, 0.1) is 25.5 Å². The first-order chi connectivity index (χ1) is 17.1. The lowest BCUT2D eigenvalue weighted by Crippen LogP contribution is -2.37. The number of benzene rings is 2. The maximum Gasteiger partial charge on any atom is 0.251 e. The zero-order valence-corrected chi connectivity index (χ0v) is 20.9. The van der Waals surface area contributed by atoms with Crippen molar-refractivity contribution in [2.75, 3.05) is 46.0 Å². The van der Waals surface area contributed by atoms with Gasteiger partial charge in [-0.15, -0.1) is 11.3 Å². The summed E-state index contributed by atoms with van der Waals surface area (Å²) in [6, 6.07) is 14.5. The molecule has 1 amide bonds. The van der Waals surface area contributed by atoms with Crippen LogP contribution in [0.2, 0.25) is 0 Å². The first-order valence-corrected chi connectivity index (χ1v) is 12.7. The Hall–Kier alpha value is -2.89. The second-order valence-electron chi connectivity index (χ2n) is 8.00. The van der Waals surface area contributed by atoms with Gasteiger partial charge in [-0.1, -0.05) is 24.4 Å². The zero-order chi connectivity index (χ0) is 24.5. The Balaban J connectivity index is 1.21. The maximum absolute atomic E-state index is 12.5. The van der Waals surface area contributed by atoms with Gasteiger partial charge >= 0.3 is 0 Å². The number of aromatic nitrogens is 1. The molecule has 3 N–H and O–H groups in total. The van der Waals surface area contributed by atoms with Crippen LogP contribution in [0, 0.1) is 0 Å². The summed E-state index contributed by atoms with van der Waals surface area (Å²) in [4.78, 5) is 19.9. The molecule has 1 aromatic heterocycles. The summed E-state index contributed by atoms with van der Waals surface area (Å²) in [6.45, 7) is 5.29. The minimum atomic E-state index is -0.153. The highest BCUT2D eigenvalue weighted by Gasteiger charge is 2.12. The molecule has 3 aromatic rings. The van der Waals surface area contributed by atoms with E-state index in [0.717, 1.165) is 55.5 Å². The molecule has 184 valence electrons. The molecule has 1 aliphatic rings. The average Bonchev–Trinajstić information content (AvgIpc) is 3.39. The molecule has 0 atom stereocenters. The topological polar surface area (TPSA) is 96.0 Å². The number of ether oxygens (including phenoxy) is 2. The summed E-state index contributed by atoms with van der Waals surface area (Å²) in [5, 5.41) is 14.8. The Morgan fingerprint density at radius 3 is 2.54 bits per heavy atom. The number of rotatable bonds is 10. The van der Waals surface area contributed by atoms with E-state index < -0.39 is 0 Å². The number of morpholine rings is 1. The number of carbonyl (C=O) groups excluding carboxylic acids is 1. The van der Waals surface area contributed by atoms with Crippen molar-refractivity contribution in [3.8, 4) is 16.3 Å². The number of hydrogen-bond donors (Lipinski definition) is 3. The lowest BCUT2D eigenvalue weighted by Gasteiger charge is -2.26. The number of hydrogen-bond acceptors (Lipinski definition) is 8. The van der Waals surface area contributed by atoms with E-state index in [1.807, 2.05) is 29.7 Å². The summed E-state index contributed by atoms with van der Waals surface area (Å²) in [5.41, 5.74) is 5.33. The molecule has 2 heterocycles. The monoisotopic (exact) mass is 512 g/mol. The Morgan fingerprint density at radius 2 is 1.83 bits per heavy atom. The van der Waals surface area contributed by atoms with Crippen molar-refractivity contribution in [1.82, 2.24) is 20.7 Å². The third-order valence-electron chi connectivity index (χ3n) is 5.61. The van der Waals surface area contributed by atoms with Crippen LogP contribution in [-0.2, 0) is 11.2 Å². The van der Waals surface area contributed by atoms with Crippen LogP contribution in [-0.4, -0.2) is 72.0 Å². The number of thiocarbonyl (C=S) groups is 1. The Bertz CT molecular complexity index is 1110. The van der Waals surface area contributed by atoms with Crippen LogP contribution in [0.25, 0.3) is 10.6 Å². The molecule has 10 heteroatoms. The second-order valence-corrected chi connectivity index (χ2v) is 9.26. The Labute approximate surface area is 213 Å². The fraction of sp³-hybridized carbons (Fsp3) is 0.320. The quantitative estimate of drug-likeness (QED) is 0.217. The minimum Gasteiger partial charge on any atom is -0.492 e. The van der Waals surface area contributed by atoms with Crippen LogP contribution in [0.15, 0.2) is 53.9 Å². The van der Waals surface area contributed by atoms with E-state index in [1.54, 1.807) is 35.6 Å². The molecule has 2 aromatic carbocycles.